The molecule has 1 saturated heterocycles. The molecule has 3 rings (SSSR count). The molecule has 0 saturated carbocycles. The van der Waals surface area contributed by atoms with Crippen LogP contribution in [0.4, 0.5) is 5.69 Å². The van der Waals surface area contributed by atoms with Gasteiger partial charge in [0.05, 0.1) is 11.8 Å². The number of hydrogen-bond acceptors (Lipinski definition) is 4. The summed E-state index contributed by atoms with van der Waals surface area (Å²) in [6.07, 6.45) is 0.967. The van der Waals surface area contributed by atoms with Crippen molar-refractivity contribution in [2.24, 2.45) is 5.73 Å². The summed E-state index contributed by atoms with van der Waals surface area (Å²) in [6, 6.07) is 14.3. The van der Waals surface area contributed by atoms with Crippen molar-refractivity contribution in [2.75, 3.05) is 11.9 Å². The summed E-state index contributed by atoms with van der Waals surface area (Å²) >= 11 is 5.88. The summed E-state index contributed by atoms with van der Waals surface area (Å²) < 4.78 is 11.5. The van der Waals surface area contributed by atoms with Gasteiger partial charge in [-0.15, -0.1) is 12.4 Å². The molecule has 3 N–H and O–H groups in total. The first-order valence-electron chi connectivity index (χ1n) is 7.84. The molecule has 5 nitrogen and oxygen atoms in total. The lowest BCUT2D eigenvalue weighted by molar-refractivity contribution is -0.126. The summed E-state index contributed by atoms with van der Waals surface area (Å²) in [7, 11) is 0. The first-order chi connectivity index (χ1) is 11.7. The molecular weight excluding hydrogens is 363 g/mol. The molecule has 2 atom stereocenters. The number of amides is 1. The number of carbonyl (C=O) groups is 1. The summed E-state index contributed by atoms with van der Waals surface area (Å²) in [5.41, 5.74) is 6.18. The second-order valence-corrected chi connectivity index (χ2v) is 6.04. The van der Waals surface area contributed by atoms with Crippen molar-refractivity contribution in [3.63, 3.8) is 0 Å². The molecule has 0 unspecified atom stereocenters. The minimum atomic E-state index is -0.470. The Bertz CT molecular complexity index is 710. The van der Waals surface area contributed by atoms with Gasteiger partial charge in [0.2, 0.25) is 0 Å². The Morgan fingerprint density at radius 2 is 1.92 bits per heavy atom. The van der Waals surface area contributed by atoms with Gasteiger partial charge in [0.25, 0.3) is 5.91 Å². The molecule has 7 heteroatoms. The van der Waals surface area contributed by atoms with Crippen LogP contribution in [-0.2, 0) is 9.53 Å². The number of nitrogens with two attached hydrogens (primary N) is 1. The number of ether oxygens (including phenoxy) is 2. The largest absolute Gasteiger partial charge is 0.455 e. The molecule has 1 fully saturated rings. The van der Waals surface area contributed by atoms with Crippen LogP contribution in [0.25, 0.3) is 0 Å². The third kappa shape index (κ3) is 5.09. The number of hydrogen-bond donors (Lipinski definition) is 2. The van der Waals surface area contributed by atoms with Gasteiger partial charge in [0, 0.05) is 11.6 Å². The highest BCUT2D eigenvalue weighted by Crippen LogP contribution is 2.30. The second kappa shape index (κ2) is 9.06. The van der Waals surface area contributed by atoms with E-state index in [1.165, 1.54) is 0 Å². The number of benzene rings is 2. The minimum absolute atomic E-state index is 0. The lowest BCUT2D eigenvalue weighted by atomic mass is 10.2. The molecule has 0 radical (unpaired) electrons. The van der Waals surface area contributed by atoms with Gasteiger partial charge < -0.3 is 20.5 Å². The molecule has 2 aromatic rings. The Kier molecular flexibility index (Phi) is 7.08. The molecule has 0 aliphatic carbocycles. The van der Waals surface area contributed by atoms with Crippen molar-refractivity contribution < 1.29 is 14.3 Å². The third-order valence-corrected chi connectivity index (χ3v) is 4.10. The predicted octanol–water partition coefficient (Wildman–Crippen LogP) is 4.00. The van der Waals surface area contributed by atoms with Crippen LogP contribution in [-0.4, -0.2) is 24.7 Å². The van der Waals surface area contributed by atoms with Crippen LogP contribution in [0.2, 0.25) is 5.02 Å². The van der Waals surface area contributed by atoms with Gasteiger partial charge >= 0.3 is 0 Å². The minimum Gasteiger partial charge on any atom is -0.455 e. The van der Waals surface area contributed by atoms with Gasteiger partial charge in [-0.1, -0.05) is 23.7 Å². The van der Waals surface area contributed by atoms with E-state index in [1.807, 2.05) is 12.1 Å². The van der Waals surface area contributed by atoms with E-state index in [0.29, 0.717) is 35.2 Å². The fourth-order valence-electron chi connectivity index (χ4n) is 2.57. The molecule has 0 aromatic heterocycles. The Morgan fingerprint density at radius 1 is 1.20 bits per heavy atom. The molecule has 0 bridgehead atoms. The topological polar surface area (TPSA) is 73.6 Å². The standard InChI is InChI=1S/C18H19ClN2O3.ClH/c19-12-5-7-13(8-6-12)23-16-4-2-1-3-15(16)21-18(22)17-10-9-14(11-20)24-17;/h1-8,14,17H,9-11,20H2,(H,21,22);1H/t14-,17+;/m1./s1. The SMILES string of the molecule is Cl.NC[C@H]1CC[C@@H](C(=O)Nc2ccccc2Oc2ccc(Cl)cc2)O1. The molecule has 1 aliphatic heterocycles. The first kappa shape index (κ1) is 19.5. The lowest BCUT2D eigenvalue weighted by Gasteiger charge is -2.15. The number of carbonyl (C=O) groups excluding carboxylic acids is 1. The number of rotatable bonds is 5. The van der Waals surface area contributed by atoms with Crippen molar-refractivity contribution >= 4 is 35.6 Å². The summed E-state index contributed by atoms with van der Waals surface area (Å²) in [5.74, 6) is 1.01. The maximum Gasteiger partial charge on any atom is 0.253 e. The van der Waals surface area contributed by atoms with E-state index < -0.39 is 6.10 Å². The third-order valence-electron chi connectivity index (χ3n) is 3.85. The molecular formula is C18H20Cl2N2O3. The second-order valence-electron chi connectivity index (χ2n) is 5.60. The number of anilines is 1. The normalized spacial score (nSPS) is 19.1. The van der Waals surface area contributed by atoms with Crippen LogP contribution < -0.4 is 15.8 Å². The van der Waals surface area contributed by atoms with Crippen LogP contribution in [0.15, 0.2) is 48.5 Å². The van der Waals surface area contributed by atoms with Crippen LogP contribution in [0, 0.1) is 0 Å². The smallest absolute Gasteiger partial charge is 0.253 e. The summed E-state index contributed by atoms with van der Waals surface area (Å²) in [4.78, 5) is 12.4. The van der Waals surface area contributed by atoms with E-state index in [1.54, 1.807) is 36.4 Å². The monoisotopic (exact) mass is 382 g/mol. The average molecular weight is 383 g/mol. The molecule has 134 valence electrons. The highest BCUT2D eigenvalue weighted by atomic mass is 35.5. The number of nitrogens with one attached hydrogen (secondary N) is 1. The van der Waals surface area contributed by atoms with E-state index >= 15 is 0 Å². The summed E-state index contributed by atoms with van der Waals surface area (Å²) in [6.45, 7) is 0.431. The molecule has 1 aliphatic rings. The van der Waals surface area contributed by atoms with E-state index in [2.05, 4.69) is 5.32 Å². The zero-order chi connectivity index (χ0) is 16.9. The van der Waals surface area contributed by atoms with Crippen molar-refractivity contribution in [2.45, 2.75) is 25.0 Å². The van der Waals surface area contributed by atoms with Crippen LogP contribution >= 0.6 is 24.0 Å². The maximum atomic E-state index is 12.4. The van der Waals surface area contributed by atoms with Gasteiger partial charge in [-0.3, -0.25) is 4.79 Å². The highest BCUT2D eigenvalue weighted by Gasteiger charge is 2.30. The van der Waals surface area contributed by atoms with Crippen molar-refractivity contribution in [3.05, 3.63) is 53.6 Å². The van der Waals surface area contributed by atoms with Gasteiger partial charge in [0.1, 0.15) is 11.9 Å². The quantitative estimate of drug-likeness (QED) is 0.819. The lowest BCUT2D eigenvalue weighted by Crippen LogP contribution is -2.29. The van der Waals surface area contributed by atoms with E-state index in [9.17, 15) is 4.79 Å². The maximum absolute atomic E-state index is 12.4. The predicted molar refractivity (Wildman–Crippen MR) is 101 cm³/mol. The average Bonchev–Trinajstić information content (AvgIpc) is 3.08. The Labute approximate surface area is 157 Å². The number of halogens is 2. The van der Waals surface area contributed by atoms with E-state index in [4.69, 9.17) is 26.8 Å². The van der Waals surface area contributed by atoms with Gasteiger partial charge in [-0.2, -0.15) is 0 Å². The van der Waals surface area contributed by atoms with Crippen molar-refractivity contribution in [1.29, 1.82) is 0 Å². The van der Waals surface area contributed by atoms with Gasteiger partial charge in [0.15, 0.2) is 5.75 Å². The fourth-order valence-corrected chi connectivity index (χ4v) is 2.70. The summed E-state index contributed by atoms with van der Waals surface area (Å²) in [5, 5.41) is 3.51. The molecule has 2 aromatic carbocycles. The van der Waals surface area contributed by atoms with Crippen molar-refractivity contribution in [3.8, 4) is 11.5 Å². The molecule has 1 heterocycles. The Balaban J connectivity index is 0.00000225. The van der Waals surface area contributed by atoms with Gasteiger partial charge in [-0.05, 0) is 49.2 Å². The number of para-hydroxylation sites is 2. The van der Waals surface area contributed by atoms with E-state index in [0.717, 1.165) is 6.42 Å². The van der Waals surface area contributed by atoms with Gasteiger partial charge in [-0.25, -0.2) is 0 Å². The molecule has 0 spiro atoms. The van der Waals surface area contributed by atoms with Crippen molar-refractivity contribution in [1.82, 2.24) is 0 Å². The zero-order valence-corrected chi connectivity index (χ0v) is 15.1. The molecule has 25 heavy (non-hydrogen) atoms. The Morgan fingerprint density at radius 3 is 2.60 bits per heavy atom. The fraction of sp³-hybridized carbons (Fsp3) is 0.278. The van der Waals surface area contributed by atoms with Crippen LogP contribution in [0.1, 0.15) is 12.8 Å². The Hall–Kier alpha value is -1.79. The molecule has 1 amide bonds. The zero-order valence-electron chi connectivity index (χ0n) is 13.5. The first-order valence-corrected chi connectivity index (χ1v) is 8.22. The van der Waals surface area contributed by atoms with E-state index in [-0.39, 0.29) is 24.4 Å². The highest BCUT2D eigenvalue weighted by molar-refractivity contribution is 6.30. The van der Waals surface area contributed by atoms with Crippen LogP contribution in [0.5, 0.6) is 11.5 Å². The van der Waals surface area contributed by atoms with Crippen LogP contribution in [0.3, 0.4) is 0 Å².